The van der Waals surface area contributed by atoms with Gasteiger partial charge in [0.15, 0.2) is 0 Å². The van der Waals surface area contributed by atoms with Crippen molar-refractivity contribution in [3.8, 4) is 0 Å². The molecule has 0 aromatic rings. The molecule has 0 amide bonds. The van der Waals surface area contributed by atoms with Crippen LogP contribution in [0.2, 0.25) is 0 Å². The van der Waals surface area contributed by atoms with Gasteiger partial charge in [-0.05, 0) is 41.9 Å². The molecule has 0 saturated heterocycles. The maximum atomic E-state index is 9.81. The topological polar surface area (TPSA) is 20.2 Å². The highest BCUT2D eigenvalue weighted by atomic mass is 127. The predicted molar refractivity (Wildman–Crippen MR) is 51.1 cm³/mol. The highest BCUT2D eigenvalue weighted by Gasteiger charge is 2.31. The van der Waals surface area contributed by atoms with Gasteiger partial charge >= 0.3 is 0 Å². The minimum Gasteiger partial charge on any atom is -0.384 e. The molecule has 0 aliphatic heterocycles. The summed E-state index contributed by atoms with van der Waals surface area (Å²) < 4.78 is 1.07. The molecule has 0 aromatic heterocycles. The molecule has 0 saturated carbocycles. The molecule has 1 unspecified atom stereocenters. The van der Waals surface area contributed by atoms with Gasteiger partial charge in [-0.2, -0.15) is 0 Å². The lowest BCUT2D eigenvalue weighted by Gasteiger charge is -2.21. The Balaban J connectivity index is 2.68. The van der Waals surface area contributed by atoms with Crippen molar-refractivity contribution in [1.29, 1.82) is 0 Å². The predicted octanol–water partition coefficient (Wildman–Crippen LogP) is 2.41. The molecule has 2 heteroatoms. The Morgan fingerprint density at radius 2 is 2.60 bits per heavy atom. The molecule has 1 atom stereocenters. The van der Waals surface area contributed by atoms with Crippen molar-refractivity contribution in [2.75, 3.05) is 0 Å². The lowest BCUT2D eigenvalue weighted by Crippen LogP contribution is -2.24. The van der Waals surface area contributed by atoms with Crippen LogP contribution in [-0.4, -0.2) is 10.7 Å². The van der Waals surface area contributed by atoms with Crippen LogP contribution in [-0.2, 0) is 0 Å². The Bertz CT molecular complexity index is 174. The Kier molecular flexibility index (Phi) is 2.52. The monoisotopic (exact) mass is 250 g/mol. The van der Waals surface area contributed by atoms with Crippen molar-refractivity contribution >= 4 is 22.6 Å². The molecule has 1 aliphatic carbocycles. The SMILES string of the molecule is C=CCC1(O)CCC=C1I. The zero-order valence-electron chi connectivity index (χ0n) is 5.81. The summed E-state index contributed by atoms with van der Waals surface area (Å²) in [6, 6.07) is 0. The van der Waals surface area contributed by atoms with Crippen LogP contribution < -0.4 is 0 Å². The van der Waals surface area contributed by atoms with E-state index in [1.165, 1.54) is 0 Å². The van der Waals surface area contributed by atoms with Gasteiger partial charge in [-0.3, -0.25) is 0 Å². The van der Waals surface area contributed by atoms with E-state index in [1.54, 1.807) is 6.08 Å². The minimum absolute atomic E-state index is 0.567. The molecule has 0 bridgehead atoms. The van der Waals surface area contributed by atoms with Crippen LogP contribution in [0.4, 0.5) is 0 Å². The molecular formula is C8H11IO. The molecule has 0 spiro atoms. The molecule has 56 valence electrons. The van der Waals surface area contributed by atoms with Gasteiger partial charge < -0.3 is 5.11 Å². The number of halogens is 1. The summed E-state index contributed by atoms with van der Waals surface area (Å²) in [4.78, 5) is 0. The molecular weight excluding hydrogens is 239 g/mol. The van der Waals surface area contributed by atoms with E-state index < -0.39 is 5.60 Å². The summed E-state index contributed by atoms with van der Waals surface area (Å²) in [6.45, 7) is 3.61. The molecule has 0 radical (unpaired) electrons. The van der Waals surface area contributed by atoms with Crippen molar-refractivity contribution in [2.45, 2.75) is 24.9 Å². The third-order valence-corrected chi connectivity index (χ3v) is 3.25. The molecule has 1 rings (SSSR count). The summed E-state index contributed by atoms with van der Waals surface area (Å²) in [5.74, 6) is 0. The number of rotatable bonds is 2. The number of hydrogen-bond donors (Lipinski definition) is 1. The number of aliphatic hydroxyl groups is 1. The van der Waals surface area contributed by atoms with Gasteiger partial charge in [0.05, 0.1) is 5.60 Å². The second-order valence-corrected chi connectivity index (χ2v) is 3.78. The highest BCUT2D eigenvalue weighted by molar-refractivity contribution is 14.1. The Morgan fingerprint density at radius 3 is 3.00 bits per heavy atom. The molecule has 1 nitrogen and oxygen atoms in total. The maximum absolute atomic E-state index is 9.81. The Hall–Kier alpha value is 0.170. The average Bonchev–Trinajstić information content (AvgIpc) is 2.15. The first-order valence-electron chi connectivity index (χ1n) is 3.38. The second kappa shape index (κ2) is 3.05. The Morgan fingerprint density at radius 1 is 1.90 bits per heavy atom. The van der Waals surface area contributed by atoms with Crippen molar-refractivity contribution < 1.29 is 5.11 Å². The van der Waals surface area contributed by atoms with E-state index in [-0.39, 0.29) is 0 Å². The zero-order chi connectivity index (χ0) is 7.61. The standard InChI is InChI=1S/C8H11IO/c1-2-5-8(10)6-3-4-7(8)9/h2,4,10H,1,3,5-6H2. The van der Waals surface area contributed by atoms with E-state index in [1.807, 2.05) is 0 Å². The quantitative estimate of drug-likeness (QED) is 0.589. The molecule has 10 heavy (non-hydrogen) atoms. The minimum atomic E-state index is -0.567. The average molecular weight is 250 g/mol. The lowest BCUT2D eigenvalue weighted by atomic mass is 10.00. The largest absolute Gasteiger partial charge is 0.384 e. The van der Waals surface area contributed by atoms with Crippen LogP contribution in [0.25, 0.3) is 0 Å². The van der Waals surface area contributed by atoms with E-state index in [0.29, 0.717) is 6.42 Å². The third kappa shape index (κ3) is 1.42. The van der Waals surface area contributed by atoms with E-state index in [0.717, 1.165) is 16.4 Å². The number of hydrogen-bond acceptors (Lipinski definition) is 1. The van der Waals surface area contributed by atoms with Crippen LogP contribution in [0.5, 0.6) is 0 Å². The highest BCUT2D eigenvalue weighted by Crippen LogP contribution is 2.37. The van der Waals surface area contributed by atoms with E-state index >= 15 is 0 Å². The smallest absolute Gasteiger partial charge is 0.0986 e. The second-order valence-electron chi connectivity index (χ2n) is 2.62. The summed E-state index contributed by atoms with van der Waals surface area (Å²) >= 11 is 2.20. The van der Waals surface area contributed by atoms with E-state index in [2.05, 4.69) is 35.2 Å². The lowest BCUT2D eigenvalue weighted by molar-refractivity contribution is 0.0925. The van der Waals surface area contributed by atoms with Gasteiger partial charge in [-0.15, -0.1) is 6.58 Å². The van der Waals surface area contributed by atoms with Gasteiger partial charge in [0.1, 0.15) is 0 Å². The third-order valence-electron chi connectivity index (χ3n) is 1.81. The normalized spacial score (nSPS) is 32.0. The van der Waals surface area contributed by atoms with Crippen LogP contribution in [0.1, 0.15) is 19.3 Å². The van der Waals surface area contributed by atoms with Crippen LogP contribution in [0.3, 0.4) is 0 Å². The summed E-state index contributed by atoms with van der Waals surface area (Å²) in [7, 11) is 0. The van der Waals surface area contributed by atoms with Crippen molar-refractivity contribution in [2.24, 2.45) is 0 Å². The fraction of sp³-hybridized carbons (Fsp3) is 0.500. The maximum Gasteiger partial charge on any atom is 0.0986 e. The first-order valence-corrected chi connectivity index (χ1v) is 4.46. The first-order chi connectivity index (χ1) is 4.69. The van der Waals surface area contributed by atoms with Crippen molar-refractivity contribution in [3.63, 3.8) is 0 Å². The van der Waals surface area contributed by atoms with Gasteiger partial charge in [0.2, 0.25) is 0 Å². The van der Waals surface area contributed by atoms with Gasteiger partial charge in [-0.1, -0.05) is 12.2 Å². The van der Waals surface area contributed by atoms with Crippen LogP contribution in [0, 0.1) is 0 Å². The molecule has 0 fully saturated rings. The van der Waals surface area contributed by atoms with Gasteiger partial charge in [-0.25, -0.2) is 0 Å². The fourth-order valence-electron chi connectivity index (χ4n) is 1.19. The van der Waals surface area contributed by atoms with Gasteiger partial charge in [0, 0.05) is 3.58 Å². The number of allylic oxidation sites excluding steroid dienone is 1. The summed E-state index contributed by atoms with van der Waals surface area (Å²) in [5.41, 5.74) is -0.567. The molecule has 0 aromatic carbocycles. The van der Waals surface area contributed by atoms with E-state index in [9.17, 15) is 5.11 Å². The van der Waals surface area contributed by atoms with Crippen LogP contribution >= 0.6 is 22.6 Å². The van der Waals surface area contributed by atoms with Crippen LogP contribution in [0.15, 0.2) is 22.3 Å². The molecule has 0 heterocycles. The first kappa shape index (κ1) is 8.27. The molecule has 1 N–H and O–H groups in total. The van der Waals surface area contributed by atoms with Gasteiger partial charge in [0.25, 0.3) is 0 Å². The molecule has 1 aliphatic rings. The fourth-order valence-corrected chi connectivity index (χ4v) is 1.99. The summed E-state index contributed by atoms with van der Waals surface area (Å²) in [6.07, 6.45) is 6.41. The van der Waals surface area contributed by atoms with E-state index in [4.69, 9.17) is 0 Å². The van der Waals surface area contributed by atoms with Crippen molar-refractivity contribution in [3.05, 3.63) is 22.3 Å². The Labute approximate surface area is 75.0 Å². The zero-order valence-corrected chi connectivity index (χ0v) is 7.97. The summed E-state index contributed by atoms with van der Waals surface area (Å²) in [5, 5.41) is 9.81. The van der Waals surface area contributed by atoms with Crippen molar-refractivity contribution in [1.82, 2.24) is 0 Å².